The number of aromatic nitrogens is 3. The molecule has 0 radical (unpaired) electrons. The Bertz CT molecular complexity index is 664. The van der Waals surface area contributed by atoms with E-state index in [0.717, 1.165) is 29.8 Å². The summed E-state index contributed by atoms with van der Waals surface area (Å²) in [5.74, 6) is 1.24. The molecule has 104 valence electrons. The topological polar surface area (TPSA) is 79.9 Å². The first-order valence-corrected chi connectivity index (χ1v) is 6.57. The molecule has 0 spiro atoms. The quantitative estimate of drug-likeness (QED) is 0.846. The number of aromatic amines is 1. The van der Waals surface area contributed by atoms with E-state index in [1.165, 1.54) is 0 Å². The number of fused-ring (bicyclic) bond motifs is 1. The normalized spacial score (nSPS) is 13.8. The minimum Gasteiger partial charge on any atom is -0.481 e. The standard InChI is InChI=1S/C14H16N4O2/c1-20-13-3-2-9(7-16-13)6-12-17-11-8-15-5-4-10(11)14(19)18-12/h2-3,7,15H,4-6,8H2,1H3,(H,17,18,19). The van der Waals surface area contributed by atoms with Crippen LogP contribution in [-0.4, -0.2) is 28.6 Å². The monoisotopic (exact) mass is 272 g/mol. The van der Waals surface area contributed by atoms with Gasteiger partial charge in [-0.2, -0.15) is 0 Å². The summed E-state index contributed by atoms with van der Waals surface area (Å²) in [6, 6.07) is 3.72. The number of pyridine rings is 1. The third-order valence-corrected chi connectivity index (χ3v) is 3.37. The number of nitrogens with one attached hydrogen (secondary N) is 2. The van der Waals surface area contributed by atoms with Crippen LogP contribution >= 0.6 is 0 Å². The second kappa shape index (κ2) is 5.42. The van der Waals surface area contributed by atoms with Gasteiger partial charge in [-0.3, -0.25) is 4.79 Å². The van der Waals surface area contributed by atoms with E-state index in [4.69, 9.17) is 4.74 Å². The lowest BCUT2D eigenvalue weighted by Crippen LogP contribution is -2.31. The summed E-state index contributed by atoms with van der Waals surface area (Å²) < 4.78 is 5.02. The van der Waals surface area contributed by atoms with Crippen molar-refractivity contribution in [1.29, 1.82) is 0 Å². The molecule has 0 fully saturated rings. The van der Waals surface area contributed by atoms with Gasteiger partial charge in [-0.15, -0.1) is 0 Å². The van der Waals surface area contributed by atoms with Gasteiger partial charge in [0.25, 0.3) is 5.56 Å². The van der Waals surface area contributed by atoms with Crippen molar-refractivity contribution in [1.82, 2.24) is 20.3 Å². The Morgan fingerprint density at radius 2 is 2.30 bits per heavy atom. The average Bonchev–Trinajstić information content (AvgIpc) is 2.48. The first-order valence-electron chi connectivity index (χ1n) is 6.57. The van der Waals surface area contributed by atoms with Gasteiger partial charge in [0.2, 0.25) is 5.88 Å². The molecule has 0 saturated carbocycles. The summed E-state index contributed by atoms with van der Waals surface area (Å²) in [7, 11) is 1.58. The van der Waals surface area contributed by atoms with Crippen LogP contribution in [0, 0.1) is 0 Å². The fourth-order valence-corrected chi connectivity index (χ4v) is 2.33. The number of rotatable bonds is 3. The molecule has 3 heterocycles. The molecule has 0 saturated heterocycles. The predicted octanol–water partition coefficient (Wildman–Crippen LogP) is 0.410. The van der Waals surface area contributed by atoms with E-state index >= 15 is 0 Å². The molecule has 6 heteroatoms. The number of methoxy groups -OCH3 is 1. The van der Waals surface area contributed by atoms with Gasteiger partial charge in [0.1, 0.15) is 5.82 Å². The highest BCUT2D eigenvalue weighted by atomic mass is 16.5. The second-order valence-electron chi connectivity index (χ2n) is 4.75. The first-order chi connectivity index (χ1) is 9.76. The molecule has 20 heavy (non-hydrogen) atoms. The molecule has 2 aromatic heterocycles. The lowest BCUT2D eigenvalue weighted by atomic mass is 10.1. The fourth-order valence-electron chi connectivity index (χ4n) is 2.33. The fraction of sp³-hybridized carbons (Fsp3) is 0.357. The van der Waals surface area contributed by atoms with Crippen LogP contribution in [-0.2, 0) is 19.4 Å². The van der Waals surface area contributed by atoms with Crippen molar-refractivity contribution in [2.75, 3.05) is 13.7 Å². The molecule has 0 atom stereocenters. The van der Waals surface area contributed by atoms with Crippen molar-refractivity contribution >= 4 is 0 Å². The van der Waals surface area contributed by atoms with E-state index in [1.54, 1.807) is 19.4 Å². The van der Waals surface area contributed by atoms with Gasteiger partial charge < -0.3 is 15.0 Å². The molecule has 0 aliphatic carbocycles. The van der Waals surface area contributed by atoms with Crippen LogP contribution in [0.1, 0.15) is 22.6 Å². The molecule has 1 aliphatic rings. The van der Waals surface area contributed by atoms with Crippen molar-refractivity contribution in [2.24, 2.45) is 0 Å². The van der Waals surface area contributed by atoms with Gasteiger partial charge in [-0.25, -0.2) is 9.97 Å². The van der Waals surface area contributed by atoms with Crippen LogP contribution in [0.4, 0.5) is 0 Å². The zero-order chi connectivity index (χ0) is 13.9. The van der Waals surface area contributed by atoms with Gasteiger partial charge in [0.05, 0.1) is 12.8 Å². The summed E-state index contributed by atoms with van der Waals surface area (Å²) in [6.45, 7) is 1.49. The zero-order valence-electron chi connectivity index (χ0n) is 11.3. The molecule has 6 nitrogen and oxygen atoms in total. The molecule has 2 N–H and O–H groups in total. The predicted molar refractivity (Wildman–Crippen MR) is 73.9 cm³/mol. The molecule has 0 bridgehead atoms. The second-order valence-corrected chi connectivity index (χ2v) is 4.75. The van der Waals surface area contributed by atoms with Crippen molar-refractivity contribution in [2.45, 2.75) is 19.4 Å². The minimum absolute atomic E-state index is 0.0204. The molecule has 0 aromatic carbocycles. The number of hydrogen-bond donors (Lipinski definition) is 2. The summed E-state index contributed by atoms with van der Waals surface area (Å²) in [5.41, 5.74) is 2.63. The highest BCUT2D eigenvalue weighted by Gasteiger charge is 2.15. The highest BCUT2D eigenvalue weighted by Crippen LogP contribution is 2.11. The Kier molecular flexibility index (Phi) is 3.47. The SMILES string of the molecule is COc1ccc(Cc2nc3c(c(=O)[nH]2)CCNC3)cn1. The van der Waals surface area contributed by atoms with E-state index in [1.807, 2.05) is 6.07 Å². The van der Waals surface area contributed by atoms with Crippen LogP contribution in [0.5, 0.6) is 5.88 Å². The molecule has 0 unspecified atom stereocenters. The van der Waals surface area contributed by atoms with Gasteiger partial charge in [0.15, 0.2) is 0 Å². The van der Waals surface area contributed by atoms with Crippen molar-refractivity contribution < 1.29 is 4.74 Å². The van der Waals surface area contributed by atoms with Gasteiger partial charge in [-0.1, -0.05) is 6.07 Å². The number of nitrogens with zero attached hydrogens (tertiary/aromatic N) is 2. The molecule has 0 amide bonds. The lowest BCUT2D eigenvalue weighted by molar-refractivity contribution is 0.397. The maximum absolute atomic E-state index is 12.0. The largest absolute Gasteiger partial charge is 0.481 e. The van der Waals surface area contributed by atoms with Crippen molar-refractivity contribution in [3.05, 3.63) is 51.3 Å². The number of H-pyrrole nitrogens is 1. The Balaban J connectivity index is 1.87. The highest BCUT2D eigenvalue weighted by molar-refractivity contribution is 5.24. The maximum atomic E-state index is 12.0. The van der Waals surface area contributed by atoms with Crippen LogP contribution in [0.3, 0.4) is 0 Å². The molecular weight excluding hydrogens is 256 g/mol. The van der Waals surface area contributed by atoms with Crippen LogP contribution in [0.15, 0.2) is 23.1 Å². The molecule has 1 aliphatic heterocycles. The van der Waals surface area contributed by atoms with Crippen molar-refractivity contribution in [3.63, 3.8) is 0 Å². The molecule has 2 aromatic rings. The van der Waals surface area contributed by atoms with E-state index in [0.29, 0.717) is 24.7 Å². The van der Waals surface area contributed by atoms with Crippen LogP contribution in [0.2, 0.25) is 0 Å². The smallest absolute Gasteiger partial charge is 0.254 e. The van der Waals surface area contributed by atoms with E-state index in [9.17, 15) is 4.79 Å². The van der Waals surface area contributed by atoms with Gasteiger partial charge in [-0.05, 0) is 18.5 Å². The molecular formula is C14H16N4O2. The number of hydrogen-bond acceptors (Lipinski definition) is 5. The van der Waals surface area contributed by atoms with E-state index in [-0.39, 0.29) is 5.56 Å². The van der Waals surface area contributed by atoms with E-state index in [2.05, 4.69) is 20.3 Å². The Morgan fingerprint density at radius 1 is 1.40 bits per heavy atom. The third kappa shape index (κ3) is 2.55. The van der Waals surface area contributed by atoms with Crippen LogP contribution in [0.25, 0.3) is 0 Å². The number of ether oxygens (including phenoxy) is 1. The first kappa shape index (κ1) is 12.8. The molecule has 3 rings (SSSR count). The Hall–Kier alpha value is -2.21. The Morgan fingerprint density at radius 3 is 3.05 bits per heavy atom. The van der Waals surface area contributed by atoms with Crippen LogP contribution < -0.4 is 15.6 Å². The van der Waals surface area contributed by atoms with E-state index < -0.39 is 0 Å². The summed E-state index contributed by atoms with van der Waals surface area (Å²) in [4.78, 5) is 23.6. The summed E-state index contributed by atoms with van der Waals surface area (Å²) >= 11 is 0. The van der Waals surface area contributed by atoms with Gasteiger partial charge in [0, 0.05) is 30.8 Å². The maximum Gasteiger partial charge on any atom is 0.254 e. The van der Waals surface area contributed by atoms with Crippen molar-refractivity contribution in [3.8, 4) is 5.88 Å². The minimum atomic E-state index is -0.0204. The third-order valence-electron chi connectivity index (χ3n) is 3.37. The van der Waals surface area contributed by atoms with Gasteiger partial charge >= 0.3 is 0 Å². The lowest BCUT2D eigenvalue weighted by Gasteiger charge is -2.15. The average molecular weight is 272 g/mol. The Labute approximate surface area is 116 Å². The zero-order valence-corrected chi connectivity index (χ0v) is 11.3. The summed E-state index contributed by atoms with van der Waals surface area (Å²) in [6.07, 6.45) is 3.03. The summed E-state index contributed by atoms with van der Waals surface area (Å²) in [5, 5.41) is 3.23.